The van der Waals surface area contributed by atoms with E-state index in [4.69, 9.17) is 5.73 Å². The number of benzene rings is 1. The summed E-state index contributed by atoms with van der Waals surface area (Å²) in [4.78, 5) is 1.39. The average molecular weight is 215 g/mol. The Morgan fingerprint density at radius 3 is 3.13 bits per heavy atom. The highest BCUT2D eigenvalue weighted by atomic mass is 32.1. The van der Waals surface area contributed by atoms with E-state index in [0.29, 0.717) is 5.92 Å². The van der Waals surface area contributed by atoms with Gasteiger partial charge < -0.3 is 5.73 Å². The van der Waals surface area contributed by atoms with Crippen molar-refractivity contribution in [3.63, 3.8) is 0 Å². The van der Waals surface area contributed by atoms with Gasteiger partial charge in [-0.1, -0.05) is 25.1 Å². The molecule has 0 saturated carbocycles. The van der Waals surface area contributed by atoms with Crippen LogP contribution in [0.5, 0.6) is 0 Å². The molecule has 0 amide bonds. The van der Waals surface area contributed by atoms with Gasteiger partial charge in [-0.15, -0.1) is 11.3 Å². The maximum Gasteiger partial charge on any atom is 0.0581 e. The van der Waals surface area contributed by atoms with Gasteiger partial charge in [0.25, 0.3) is 0 Å². The second-order valence-electron chi connectivity index (χ2n) is 4.14. The summed E-state index contributed by atoms with van der Waals surface area (Å²) in [5.74, 6) is 0.626. The van der Waals surface area contributed by atoms with Crippen molar-refractivity contribution < 1.29 is 0 Å². The molecule has 76 valence electrons. The summed E-state index contributed by atoms with van der Waals surface area (Å²) in [5.41, 5.74) is 8.40. The van der Waals surface area contributed by atoms with Crippen LogP contribution in [-0.4, -0.2) is 0 Å². The van der Waals surface area contributed by atoms with Crippen LogP contribution in [0.4, 0.5) is 5.69 Å². The predicted molar refractivity (Wildman–Crippen MR) is 68.3 cm³/mol. The van der Waals surface area contributed by atoms with Crippen LogP contribution in [0.1, 0.15) is 29.7 Å². The molecule has 1 aliphatic carbocycles. The molecule has 1 aromatic carbocycles. The Morgan fingerprint density at radius 2 is 2.27 bits per heavy atom. The maximum atomic E-state index is 6.00. The maximum absolute atomic E-state index is 6.00. The number of nitrogen functional groups attached to an aromatic ring is 1. The quantitative estimate of drug-likeness (QED) is 0.660. The van der Waals surface area contributed by atoms with Gasteiger partial charge in [0, 0.05) is 10.6 Å². The Hall–Kier alpha value is -1.28. The smallest absolute Gasteiger partial charge is 0.0581 e. The summed E-state index contributed by atoms with van der Waals surface area (Å²) >= 11 is 1.82. The summed E-state index contributed by atoms with van der Waals surface area (Å²) in [6.07, 6.45) is 5.64. The minimum atomic E-state index is 0.626. The Morgan fingerprint density at radius 1 is 1.40 bits per heavy atom. The van der Waals surface area contributed by atoms with Crippen molar-refractivity contribution >= 4 is 33.2 Å². The van der Waals surface area contributed by atoms with Gasteiger partial charge in [-0.3, -0.25) is 0 Å². The SMILES string of the molecule is CC1CC=Cc2sc3c(N)cccc3c21. The van der Waals surface area contributed by atoms with Gasteiger partial charge >= 0.3 is 0 Å². The number of fused-ring (bicyclic) bond motifs is 3. The van der Waals surface area contributed by atoms with Crippen molar-refractivity contribution in [3.05, 3.63) is 34.7 Å². The lowest BCUT2D eigenvalue weighted by molar-refractivity contribution is 0.783. The van der Waals surface area contributed by atoms with E-state index in [0.717, 1.165) is 12.1 Å². The van der Waals surface area contributed by atoms with Crippen LogP contribution in [-0.2, 0) is 0 Å². The fourth-order valence-corrected chi connectivity index (χ4v) is 3.59. The molecular formula is C13H13NS. The highest BCUT2D eigenvalue weighted by molar-refractivity contribution is 7.20. The molecule has 0 aliphatic heterocycles. The second-order valence-corrected chi connectivity index (χ2v) is 5.20. The monoisotopic (exact) mass is 215 g/mol. The molecule has 1 heterocycles. The number of thiophene rings is 1. The number of rotatable bonds is 0. The van der Waals surface area contributed by atoms with E-state index in [9.17, 15) is 0 Å². The molecule has 0 spiro atoms. The first kappa shape index (κ1) is 8.98. The summed E-state index contributed by atoms with van der Waals surface area (Å²) < 4.78 is 1.25. The Bertz CT molecular complexity index is 551. The molecule has 1 nitrogen and oxygen atoms in total. The molecule has 1 unspecified atom stereocenters. The van der Waals surface area contributed by atoms with Crippen molar-refractivity contribution in [2.45, 2.75) is 19.3 Å². The summed E-state index contributed by atoms with van der Waals surface area (Å²) in [6.45, 7) is 2.29. The highest BCUT2D eigenvalue weighted by Gasteiger charge is 2.19. The number of nitrogens with two attached hydrogens (primary N) is 1. The van der Waals surface area contributed by atoms with Gasteiger partial charge in [0.05, 0.1) is 4.70 Å². The Balaban J connectivity index is 2.42. The highest BCUT2D eigenvalue weighted by Crippen LogP contribution is 2.42. The van der Waals surface area contributed by atoms with E-state index in [1.54, 1.807) is 0 Å². The summed E-state index contributed by atoms with van der Waals surface area (Å²) in [6, 6.07) is 6.23. The van der Waals surface area contributed by atoms with E-state index in [1.807, 2.05) is 17.4 Å². The molecule has 0 bridgehead atoms. The van der Waals surface area contributed by atoms with Crippen LogP contribution >= 0.6 is 11.3 Å². The molecule has 15 heavy (non-hydrogen) atoms. The van der Waals surface area contributed by atoms with E-state index < -0.39 is 0 Å². The van der Waals surface area contributed by atoms with Gasteiger partial charge in [-0.05, 0) is 35.4 Å². The van der Waals surface area contributed by atoms with Crippen molar-refractivity contribution in [1.82, 2.24) is 0 Å². The Labute approximate surface area is 93.2 Å². The van der Waals surface area contributed by atoms with Crippen molar-refractivity contribution in [3.8, 4) is 0 Å². The first-order valence-corrected chi connectivity index (χ1v) is 6.06. The number of allylic oxidation sites excluding steroid dienone is 1. The zero-order chi connectivity index (χ0) is 10.4. The minimum absolute atomic E-state index is 0.626. The molecule has 0 radical (unpaired) electrons. The third-order valence-corrected chi connectivity index (χ3v) is 4.30. The summed E-state index contributed by atoms with van der Waals surface area (Å²) in [7, 11) is 0. The third-order valence-electron chi connectivity index (χ3n) is 3.06. The van der Waals surface area contributed by atoms with E-state index in [1.165, 1.54) is 20.5 Å². The van der Waals surface area contributed by atoms with Gasteiger partial charge in [0.15, 0.2) is 0 Å². The third kappa shape index (κ3) is 1.21. The number of hydrogen-bond acceptors (Lipinski definition) is 2. The van der Waals surface area contributed by atoms with Gasteiger partial charge in [0.2, 0.25) is 0 Å². The second kappa shape index (κ2) is 3.11. The molecule has 2 aromatic rings. The molecule has 1 aliphatic rings. The normalized spacial score (nSPS) is 19.4. The molecule has 2 N–H and O–H groups in total. The van der Waals surface area contributed by atoms with E-state index >= 15 is 0 Å². The largest absolute Gasteiger partial charge is 0.398 e. The lowest BCUT2D eigenvalue weighted by Crippen LogP contribution is -1.96. The predicted octanol–water partition coefficient (Wildman–Crippen LogP) is 4.00. The number of hydrogen-bond donors (Lipinski definition) is 1. The fourth-order valence-electron chi connectivity index (χ4n) is 2.31. The van der Waals surface area contributed by atoms with Crippen molar-refractivity contribution in [2.24, 2.45) is 0 Å². The molecule has 1 atom stereocenters. The molecule has 2 heteroatoms. The minimum Gasteiger partial charge on any atom is -0.398 e. The molecule has 3 rings (SSSR count). The van der Waals surface area contributed by atoms with E-state index in [-0.39, 0.29) is 0 Å². The average Bonchev–Trinajstić information content (AvgIpc) is 2.59. The number of anilines is 1. The van der Waals surface area contributed by atoms with Crippen molar-refractivity contribution in [1.29, 1.82) is 0 Å². The Kier molecular flexibility index (Phi) is 1.86. The standard InChI is InChI=1S/C13H13NS/c1-8-4-2-7-11-12(8)9-5-3-6-10(14)13(9)15-11/h2-3,5-8H,4,14H2,1H3. The summed E-state index contributed by atoms with van der Waals surface area (Å²) in [5, 5.41) is 1.35. The van der Waals surface area contributed by atoms with Gasteiger partial charge in [-0.25, -0.2) is 0 Å². The van der Waals surface area contributed by atoms with Crippen molar-refractivity contribution in [2.75, 3.05) is 5.73 Å². The fraction of sp³-hybridized carbons (Fsp3) is 0.231. The van der Waals surface area contributed by atoms with Crippen LogP contribution in [0.3, 0.4) is 0 Å². The molecule has 0 saturated heterocycles. The lowest BCUT2D eigenvalue weighted by atomic mass is 9.91. The van der Waals surface area contributed by atoms with Gasteiger partial charge in [-0.2, -0.15) is 0 Å². The van der Waals surface area contributed by atoms with Crippen LogP contribution in [0.15, 0.2) is 24.3 Å². The lowest BCUT2D eigenvalue weighted by Gasteiger charge is -2.13. The van der Waals surface area contributed by atoms with Crippen LogP contribution in [0.25, 0.3) is 16.2 Å². The van der Waals surface area contributed by atoms with Gasteiger partial charge in [0.1, 0.15) is 0 Å². The van der Waals surface area contributed by atoms with Crippen LogP contribution in [0, 0.1) is 0 Å². The molecule has 1 aromatic heterocycles. The zero-order valence-corrected chi connectivity index (χ0v) is 9.47. The van der Waals surface area contributed by atoms with E-state index in [2.05, 4.69) is 31.2 Å². The topological polar surface area (TPSA) is 26.0 Å². The van der Waals surface area contributed by atoms with Crippen LogP contribution in [0.2, 0.25) is 0 Å². The first-order valence-electron chi connectivity index (χ1n) is 5.25. The van der Waals surface area contributed by atoms with Crippen LogP contribution < -0.4 is 5.73 Å². The zero-order valence-electron chi connectivity index (χ0n) is 8.66. The molecular weight excluding hydrogens is 202 g/mol. The first-order chi connectivity index (χ1) is 7.27. The molecule has 0 fully saturated rings.